The lowest BCUT2D eigenvalue weighted by Gasteiger charge is -2.41. The number of piperazine rings is 1. The van der Waals surface area contributed by atoms with E-state index < -0.39 is 0 Å². The third-order valence-corrected chi connectivity index (χ3v) is 6.37. The van der Waals surface area contributed by atoms with Crippen LogP contribution in [0.5, 0.6) is 0 Å². The predicted molar refractivity (Wildman–Crippen MR) is 119 cm³/mol. The normalized spacial score (nSPS) is 19.8. The Balaban J connectivity index is 1.37. The summed E-state index contributed by atoms with van der Waals surface area (Å²) in [5.41, 5.74) is 2.48. The molecule has 2 aliphatic heterocycles. The zero-order chi connectivity index (χ0) is 20.7. The molecule has 6 heteroatoms. The zero-order valence-corrected chi connectivity index (χ0v) is 18.5. The summed E-state index contributed by atoms with van der Waals surface area (Å²) >= 11 is 0. The lowest BCUT2D eigenvalue weighted by Crippen LogP contribution is -2.54. The number of nitrogens with zero attached hydrogens (tertiary/aromatic N) is 3. The van der Waals surface area contributed by atoms with E-state index in [0.29, 0.717) is 13.1 Å². The zero-order valence-electron chi connectivity index (χ0n) is 18.5. The summed E-state index contributed by atoms with van der Waals surface area (Å²) in [5.74, 6) is 0. The van der Waals surface area contributed by atoms with Gasteiger partial charge in [-0.25, -0.2) is 4.79 Å². The first-order valence-electron chi connectivity index (χ1n) is 11.2. The monoisotopic (exact) mass is 401 g/mol. The standard InChI is InChI=1S/C23H39N5O/c1-23(2,28-11-5-4-6-12-28)19-25-22(29)24-17-20-7-9-21(10-8-20)18-27-15-13-26(3)14-16-27/h7-10H,4-6,11-19H2,1-3H3,(H2,24,25,29). The number of nitrogens with one attached hydrogen (secondary N) is 2. The van der Waals surface area contributed by atoms with Crippen molar-refractivity contribution in [2.45, 2.75) is 51.7 Å². The number of rotatable bonds is 7. The first-order chi connectivity index (χ1) is 13.9. The maximum absolute atomic E-state index is 12.3. The molecular weight excluding hydrogens is 362 g/mol. The van der Waals surface area contributed by atoms with Gasteiger partial charge in [-0.3, -0.25) is 9.80 Å². The van der Waals surface area contributed by atoms with Gasteiger partial charge < -0.3 is 15.5 Å². The van der Waals surface area contributed by atoms with Gasteiger partial charge in [0.05, 0.1) is 0 Å². The molecule has 2 aliphatic rings. The molecule has 0 aromatic heterocycles. The number of amides is 2. The summed E-state index contributed by atoms with van der Waals surface area (Å²) in [7, 11) is 2.18. The van der Waals surface area contributed by atoms with Gasteiger partial charge in [-0.05, 0) is 58.0 Å². The Morgan fingerprint density at radius 1 is 0.897 bits per heavy atom. The fraction of sp³-hybridized carbons (Fsp3) is 0.696. The number of hydrogen-bond donors (Lipinski definition) is 2. The van der Waals surface area contributed by atoms with Crippen LogP contribution < -0.4 is 10.6 Å². The van der Waals surface area contributed by atoms with Crippen molar-refractivity contribution in [2.24, 2.45) is 0 Å². The van der Waals surface area contributed by atoms with Crippen LogP contribution in [-0.4, -0.2) is 79.1 Å². The van der Waals surface area contributed by atoms with Crippen molar-refractivity contribution in [1.29, 1.82) is 0 Å². The van der Waals surface area contributed by atoms with Crippen molar-refractivity contribution in [3.63, 3.8) is 0 Å². The smallest absolute Gasteiger partial charge is 0.315 e. The van der Waals surface area contributed by atoms with Crippen LogP contribution in [0.15, 0.2) is 24.3 Å². The maximum Gasteiger partial charge on any atom is 0.315 e. The van der Waals surface area contributed by atoms with E-state index in [1.54, 1.807) is 0 Å². The summed E-state index contributed by atoms with van der Waals surface area (Å²) in [5, 5.41) is 6.05. The van der Waals surface area contributed by atoms with E-state index in [4.69, 9.17) is 0 Å². The molecule has 0 aliphatic carbocycles. The molecule has 162 valence electrons. The Kier molecular flexibility index (Phi) is 7.92. The predicted octanol–water partition coefficient (Wildman–Crippen LogP) is 2.50. The van der Waals surface area contributed by atoms with Gasteiger partial charge >= 0.3 is 6.03 Å². The Labute approximate surface area is 176 Å². The molecule has 29 heavy (non-hydrogen) atoms. The van der Waals surface area contributed by atoms with Gasteiger partial charge in [0.2, 0.25) is 0 Å². The first-order valence-corrected chi connectivity index (χ1v) is 11.2. The summed E-state index contributed by atoms with van der Waals surface area (Å²) in [6, 6.07) is 8.54. The number of piperidine rings is 1. The molecule has 0 saturated carbocycles. The van der Waals surface area contributed by atoms with Crippen LogP contribution in [0.4, 0.5) is 4.79 Å². The highest BCUT2D eigenvalue weighted by atomic mass is 16.2. The van der Waals surface area contributed by atoms with Crippen LogP contribution in [0.3, 0.4) is 0 Å². The second-order valence-corrected chi connectivity index (χ2v) is 9.29. The Hall–Kier alpha value is -1.63. The molecular formula is C23H39N5O. The van der Waals surface area contributed by atoms with Gasteiger partial charge in [0.15, 0.2) is 0 Å². The summed E-state index contributed by atoms with van der Waals surface area (Å²) in [4.78, 5) is 19.6. The van der Waals surface area contributed by atoms with Crippen molar-refractivity contribution >= 4 is 6.03 Å². The van der Waals surface area contributed by atoms with Gasteiger partial charge in [0.25, 0.3) is 0 Å². The van der Waals surface area contributed by atoms with E-state index in [1.807, 2.05) is 0 Å². The molecule has 3 rings (SSSR count). The van der Waals surface area contributed by atoms with Crippen LogP contribution >= 0.6 is 0 Å². The van der Waals surface area contributed by atoms with Crippen LogP contribution in [0.25, 0.3) is 0 Å². The first kappa shape index (κ1) is 22.1. The minimum Gasteiger partial charge on any atom is -0.336 e. The quantitative estimate of drug-likeness (QED) is 0.737. The molecule has 2 amide bonds. The highest BCUT2D eigenvalue weighted by Gasteiger charge is 2.28. The van der Waals surface area contributed by atoms with Crippen molar-refractivity contribution in [3.8, 4) is 0 Å². The molecule has 6 nitrogen and oxygen atoms in total. The maximum atomic E-state index is 12.3. The average Bonchev–Trinajstić information content (AvgIpc) is 2.74. The molecule has 1 aromatic carbocycles. The molecule has 2 heterocycles. The van der Waals surface area contributed by atoms with E-state index in [1.165, 1.54) is 24.8 Å². The third kappa shape index (κ3) is 6.98. The van der Waals surface area contributed by atoms with E-state index in [-0.39, 0.29) is 11.6 Å². The summed E-state index contributed by atoms with van der Waals surface area (Å²) in [6.45, 7) is 13.5. The van der Waals surface area contributed by atoms with Gasteiger partial charge in [-0.1, -0.05) is 30.7 Å². The summed E-state index contributed by atoms with van der Waals surface area (Å²) in [6.07, 6.45) is 3.86. The van der Waals surface area contributed by atoms with Crippen LogP contribution in [-0.2, 0) is 13.1 Å². The van der Waals surface area contributed by atoms with Gasteiger partial charge in [0.1, 0.15) is 0 Å². The molecule has 0 atom stereocenters. The molecule has 2 N–H and O–H groups in total. The van der Waals surface area contributed by atoms with Crippen molar-refractivity contribution in [1.82, 2.24) is 25.3 Å². The number of carbonyl (C=O) groups is 1. The van der Waals surface area contributed by atoms with E-state index in [0.717, 1.165) is 51.4 Å². The molecule has 0 bridgehead atoms. The molecule has 0 spiro atoms. The molecule has 2 fully saturated rings. The minimum absolute atomic E-state index is 0.00265. The lowest BCUT2D eigenvalue weighted by atomic mass is 9.98. The topological polar surface area (TPSA) is 50.9 Å². The van der Waals surface area contributed by atoms with E-state index in [2.05, 4.69) is 70.5 Å². The number of hydrogen-bond acceptors (Lipinski definition) is 4. The van der Waals surface area contributed by atoms with Gasteiger partial charge in [-0.2, -0.15) is 0 Å². The Morgan fingerprint density at radius 3 is 2.17 bits per heavy atom. The SMILES string of the molecule is CN1CCN(Cc2ccc(CNC(=O)NCC(C)(C)N3CCCCC3)cc2)CC1. The molecule has 2 saturated heterocycles. The van der Waals surface area contributed by atoms with Crippen LogP contribution in [0, 0.1) is 0 Å². The van der Waals surface area contributed by atoms with Gasteiger partial charge in [0, 0.05) is 51.4 Å². The highest BCUT2D eigenvalue weighted by molar-refractivity contribution is 5.73. The molecule has 0 radical (unpaired) electrons. The fourth-order valence-corrected chi connectivity index (χ4v) is 4.18. The largest absolute Gasteiger partial charge is 0.336 e. The molecule has 1 aromatic rings. The Morgan fingerprint density at radius 2 is 1.52 bits per heavy atom. The number of likely N-dealkylation sites (tertiary alicyclic amines) is 1. The van der Waals surface area contributed by atoms with Crippen LogP contribution in [0.1, 0.15) is 44.2 Å². The number of carbonyl (C=O) groups excluding carboxylic acids is 1. The second-order valence-electron chi connectivity index (χ2n) is 9.29. The van der Waals surface area contributed by atoms with Crippen molar-refractivity contribution in [2.75, 3.05) is 52.9 Å². The molecule has 0 unspecified atom stereocenters. The van der Waals surface area contributed by atoms with Gasteiger partial charge in [-0.15, -0.1) is 0 Å². The van der Waals surface area contributed by atoms with E-state index >= 15 is 0 Å². The number of likely N-dealkylation sites (N-methyl/N-ethyl adjacent to an activating group) is 1. The highest BCUT2D eigenvalue weighted by Crippen LogP contribution is 2.19. The Bertz CT molecular complexity index is 631. The van der Waals surface area contributed by atoms with Crippen molar-refractivity contribution < 1.29 is 4.79 Å². The third-order valence-electron chi connectivity index (χ3n) is 6.37. The number of benzene rings is 1. The second kappa shape index (κ2) is 10.4. The van der Waals surface area contributed by atoms with Crippen molar-refractivity contribution in [3.05, 3.63) is 35.4 Å². The summed E-state index contributed by atoms with van der Waals surface area (Å²) < 4.78 is 0. The minimum atomic E-state index is -0.0865. The fourth-order valence-electron chi connectivity index (χ4n) is 4.18. The van der Waals surface area contributed by atoms with E-state index in [9.17, 15) is 4.79 Å². The lowest BCUT2D eigenvalue weighted by molar-refractivity contribution is 0.0960. The van der Waals surface area contributed by atoms with Crippen LogP contribution in [0.2, 0.25) is 0 Å². The number of urea groups is 1. The average molecular weight is 402 g/mol.